The Kier molecular flexibility index (Phi) is 2.19. The van der Waals surface area contributed by atoms with Gasteiger partial charge in [-0.1, -0.05) is 0 Å². The van der Waals surface area contributed by atoms with Gasteiger partial charge in [-0.15, -0.1) is 0 Å². The van der Waals surface area contributed by atoms with E-state index < -0.39 is 23.8 Å². The Balaban J connectivity index is 2.21. The second-order valence-corrected chi connectivity index (χ2v) is 3.70. The Labute approximate surface area is 81.0 Å². The maximum Gasteiger partial charge on any atom is 0.312 e. The van der Waals surface area contributed by atoms with Crippen LogP contribution < -0.4 is 0 Å². The number of rotatable bonds is 2. The molecule has 0 aliphatic carbocycles. The zero-order chi connectivity index (χ0) is 10.3. The molecule has 0 amide bonds. The van der Waals surface area contributed by atoms with E-state index in [1.54, 1.807) is 0 Å². The zero-order valence-electron chi connectivity index (χ0n) is 7.80. The number of hydrogen-bond acceptors (Lipinski definition) is 4. The van der Waals surface area contributed by atoms with Crippen LogP contribution >= 0.6 is 0 Å². The third-order valence-corrected chi connectivity index (χ3v) is 3.03. The highest BCUT2D eigenvalue weighted by molar-refractivity contribution is 5.83. The van der Waals surface area contributed by atoms with Crippen LogP contribution in [0.5, 0.6) is 0 Å². The van der Waals surface area contributed by atoms with E-state index in [4.69, 9.17) is 9.84 Å². The molecule has 1 N–H and O–H groups in total. The van der Waals surface area contributed by atoms with Gasteiger partial charge in [0.1, 0.15) is 0 Å². The maximum atomic E-state index is 11.4. The van der Waals surface area contributed by atoms with E-state index >= 15 is 0 Å². The molecule has 5 nitrogen and oxygen atoms in total. The Bertz CT molecular complexity index is 274. The predicted molar refractivity (Wildman–Crippen MR) is 44.5 cm³/mol. The van der Waals surface area contributed by atoms with E-state index in [9.17, 15) is 9.59 Å². The molecular weight excluding hydrogens is 188 g/mol. The molecule has 5 heteroatoms. The highest BCUT2D eigenvalue weighted by Crippen LogP contribution is 2.43. The summed E-state index contributed by atoms with van der Waals surface area (Å²) in [7, 11) is 1.27. The predicted octanol–water partition coefficient (Wildman–Crippen LogP) is 0.0376. The van der Waals surface area contributed by atoms with Crippen LogP contribution in [-0.2, 0) is 19.1 Å². The highest BCUT2D eigenvalue weighted by atomic mass is 16.5. The van der Waals surface area contributed by atoms with Crippen molar-refractivity contribution in [1.29, 1.82) is 0 Å². The summed E-state index contributed by atoms with van der Waals surface area (Å²) in [4.78, 5) is 22.3. The number of carbonyl (C=O) groups excluding carboxylic acids is 1. The minimum Gasteiger partial charge on any atom is -0.481 e. The minimum atomic E-state index is -0.965. The molecule has 2 heterocycles. The first kappa shape index (κ1) is 9.45. The molecule has 0 spiro atoms. The number of carboxylic acid groups (broad SMARTS) is 1. The van der Waals surface area contributed by atoms with Gasteiger partial charge in [-0.2, -0.15) is 0 Å². The van der Waals surface area contributed by atoms with Crippen LogP contribution in [0.4, 0.5) is 0 Å². The van der Waals surface area contributed by atoms with Gasteiger partial charge >= 0.3 is 11.9 Å². The lowest BCUT2D eigenvalue weighted by Gasteiger charge is -2.22. The van der Waals surface area contributed by atoms with Crippen LogP contribution in [-0.4, -0.2) is 36.4 Å². The average molecular weight is 200 g/mol. The Hall–Kier alpha value is -1.10. The van der Waals surface area contributed by atoms with Crippen molar-refractivity contribution in [3.05, 3.63) is 0 Å². The molecule has 0 aromatic carbocycles. The number of hydrogen-bond donors (Lipinski definition) is 1. The van der Waals surface area contributed by atoms with Crippen LogP contribution in [0, 0.1) is 11.8 Å². The van der Waals surface area contributed by atoms with E-state index in [1.807, 2.05) is 0 Å². The molecule has 2 aliphatic heterocycles. The number of carbonyl (C=O) groups is 2. The van der Waals surface area contributed by atoms with Crippen LogP contribution in [0.25, 0.3) is 0 Å². The lowest BCUT2D eigenvalue weighted by molar-refractivity contribution is -0.156. The zero-order valence-corrected chi connectivity index (χ0v) is 7.80. The molecule has 0 aromatic heterocycles. The van der Waals surface area contributed by atoms with Crippen molar-refractivity contribution in [3.63, 3.8) is 0 Å². The van der Waals surface area contributed by atoms with Crippen LogP contribution in [0.15, 0.2) is 0 Å². The van der Waals surface area contributed by atoms with Gasteiger partial charge in [0, 0.05) is 0 Å². The first-order chi connectivity index (χ1) is 6.65. The number of fused-ring (bicyclic) bond motifs is 2. The van der Waals surface area contributed by atoms with Gasteiger partial charge in [0.15, 0.2) is 0 Å². The van der Waals surface area contributed by atoms with Crippen molar-refractivity contribution >= 4 is 11.9 Å². The van der Waals surface area contributed by atoms with Crippen molar-refractivity contribution in [2.75, 3.05) is 7.11 Å². The lowest BCUT2D eigenvalue weighted by atomic mass is 9.79. The summed E-state index contributed by atoms with van der Waals surface area (Å²) in [5.41, 5.74) is 0. The third-order valence-electron chi connectivity index (χ3n) is 3.03. The summed E-state index contributed by atoms with van der Waals surface area (Å²) < 4.78 is 9.98. The van der Waals surface area contributed by atoms with E-state index in [0.29, 0.717) is 0 Å². The number of carboxylic acids is 1. The quantitative estimate of drug-likeness (QED) is 0.637. The summed E-state index contributed by atoms with van der Waals surface area (Å²) in [6, 6.07) is 0. The van der Waals surface area contributed by atoms with Gasteiger partial charge in [0.2, 0.25) is 0 Å². The van der Waals surface area contributed by atoms with Gasteiger partial charge in [0.25, 0.3) is 0 Å². The monoisotopic (exact) mass is 200 g/mol. The number of ether oxygens (including phenoxy) is 2. The maximum absolute atomic E-state index is 11.4. The molecule has 2 rings (SSSR count). The summed E-state index contributed by atoms with van der Waals surface area (Å²) >= 11 is 0. The number of methoxy groups -OCH3 is 1. The summed E-state index contributed by atoms with van der Waals surface area (Å²) in [6.45, 7) is 0. The van der Waals surface area contributed by atoms with Gasteiger partial charge in [-0.25, -0.2) is 0 Å². The highest BCUT2D eigenvalue weighted by Gasteiger charge is 2.56. The molecule has 4 atom stereocenters. The van der Waals surface area contributed by atoms with Gasteiger partial charge in [-0.3, -0.25) is 9.59 Å². The fourth-order valence-electron chi connectivity index (χ4n) is 2.43. The summed E-state index contributed by atoms with van der Waals surface area (Å²) in [5.74, 6) is -2.77. The molecule has 0 saturated carbocycles. The smallest absolute Gasteiger partial charge is 0.312 e. The van der Waals surface area contributed by atoms with E-state index in [0.717, 1.165) is 12.8 Å². The standard InChI is InChI=1S/C9H12O5/c1-13-9(12)7-5-3-2-4(14-5)6(7)8(10)11/h4-7H,2-3H2,1H3,(H,10,11)/t4-,5-,6+,7-/m1/s1. The van der Waals surface area contributed by atoms with Crippen LogP contribution in [0.1, 0.15) is 12.8 Å². The van der Waals surface area contributed by atoms with Crippen molar-refractivity contribution in [2.24, 2.45) is 11.8 Å². The molecule has 0 unspecified atom stereocenters. The Morgan fingerprint density at radius 2 is 1.86 bits per heavy atom. The normalized spacial score (nSPS) is 39.8. The second kappa shape index (κ2) is 3.24. The van der Waals surface area contributed by atoms with Crippen molar-refractivity contribution in [3.8, 4) is 0 Å². The number of aliphatic carboxylic acids is 1. The SMILES string of the molecule is COC(=O)[C@H]1[C@@H](C(=O)O)[C@H]2CC[C@H]1O2. The largest absolute Gasteiger partial charge is 0.481 e. The molecule has 2 saturated heterocycles. The van der Waals surface area contributed by atoms with Crippen molar-refractivity contribution < 1.29 is 24.2 Å². The van der Waals surface area contributed by atoms with Crippen LogP contribution in [0.2, 0.25) is 0 Å². The average Bonchev–Trinajstić information content (AvgIpc) is 2.74. The first-order valence-corrected chi connectivity index (χ1v) is 4.61. The number of esters is 1. The van der Waals surface area contributed by atoms with Gasteiger partial charge in [-0.05, 0) is 12.8 Å². The second-order valence-electron chi connectivity index (χ2n) is 3.70. The van der Waals surface area contributed by atoms with Crippen LogP contribution in [0.3, 0.4) is 0 Å². The first-order valence-electron chi connectivity index (χ1n) is 4.61. The van der Waals surface area contributed by atoms with Crippen molar-refractivity contribution in [1.82, 2.24) is 0 Å². The molecule has 2 bridgehead atoms. The lowest BCUT2D eigenvalue weighted by Crippen LogP contribution is -2.38. The summed E-state index contributed by atoms with van der Waals surface area (Å²) in [5, 5.41) is 8.96. The molecule has 78 valence electrons. The van der Waals surface area contributed by atoms with E-state index in [2.05, 4.69) is 4.74 Å². The topological polar surface area (TPSA) is 72.8 Å². The third kappa shape index (κ3) is 1.19. The van der Waals surface area contributed by atoms with Gasteiger partial charge < -0.3 is 14.6 Å². The molecule has 2 fully saturated rings. The van der Waals surface area contributed by atoms with E-state index in [1.165, 1.54) is 7.11 Å². The Morgan fingerprint density at radius 3 is 2.36 bits per heavy atom. The molecule has 0 aromatic rings. The fourth-order valence-corrected chi connectivity index (χ4v) is 2.43. The van der Waals surface area contributed by atoms with Gasteiger partial charge in [0.05, 0.1) is 31.2 Å². The fraction of sp³-hybridized carbons (Fsp3) is 0.778. The van der Waals surface area contributed by atoms with Crippen molar-refractivity contribution in [2.45, 2.75) is 25.0 Å². The molecule has 14 heavy (non-hydrogen) atoms. The minimum absolute atomic E-state index is 0.256. The summed E-state index contributed by atoms with van der Waals surface area (Å²) in [6.07, 6.45) is 0.929. The van der Waals surface area contributed by atoms with E-state index in [-0.39, 0.29) is 12.2 Å². The molecule has 2 aliphatic rings. The Morgan fingerprint density at radius 1 is 1.29 bits per heavy atom. The molecule has 0 radical (unpaired) electrons. The molecular formula is C9H12O5.